The van der Waals surface area contributed by atoms with Gasteiger partial charge in [-0.15, -0.1) is 0 Å². The summed E-state index contributed by atoms with van der Waals surface area (Å²) >= 11 is 5.84. The van der Waals surface area contributed by atoms with Gasteiger partial charge in [0.15, 0.2) is 6.61 Å². The van der Waals surface area contributed by atoms with Crippen LogP contribution in [0.2, 0.25) is 5.02 Å². The summed E-state index contributed by atoms with van der Waals surface area (Å²) in [5.41, 5.74) is 2.65. The Morgan fingerprint density at radius 3 is 2.34 bits per heavy atom. The third-order valence-electron chi connectivity index (χ3n) is 7.99. The average Bonchev–Trinajstić information content (AvgIpc) is 3.28. The molecule has 2 aliphatic rings. The van der Waals surface area contributed by atoms with Crippen LogP contribution < -0.4 is 4.90 Å². The largest absolute Gasteiger partial charge is 0.454 e. The second-order valence-corrected chi connectivity index (χ2v) is 11.1. The molecule has 11 heteroatoms. The Morgan fingerprint density at radius 1 is 1.00 bits per heavy atom. The Balaban J connectivity index is 1.27. The minimum atomic E-state index is -0.776. The number of halogens is 1. The number of rotatable bonds is 7. The molecule has 0 saturated carbocycles. The van der Waals surface area contributed by atoms with Gasteiger partial charge in [-0.3, -0.25) is 29.4 Å². The molecule has 4 aromatic rings. The van der Waals surface area contributed by atoms with E-state index < -0.39 is 29.0 Å². The number of esters is 1. The minimum absolute atomic E-state index is 0.0180. The van der Waals surface area contributed by atoms with E-state index in [0.717, 1.165) is 11.6 Å². The normalized spacial score (nSPS) is 17.5. The number of amides is 2. The molecule has 0 N–H and O–H groups in total. The van der Waals surface area contributed by atoms with Gasteiger partial charge in [-0.1, -0.05) is 54.1 Å². The highest BCUT2D eigenvalue weighted by molar-refractivity contribution is 6.32. The second kappa shape index (κ2) is 11.5. The Hall–Kier alpha value is -5.22. The average molecular weight is 610 g/mol. The maximum absolute atomic E-state index is 13.3. The molecule has 1 fully saturated rings. The summed E-state index contributed by atoms with van der Waals surface area (Å²) in [6.45, 7) is 1.21. The van der Waals surface area contributed by atoms with Gasteiger partial charge in [-0.25, -0.2) is 9.78 Å². The number of pyridine rings is 1. The molecule has 220 valence electrons. The molecule has 3 aromatic carbocycles. The molecular formula is C33H24ClN3O7. The predicted octanol–water partition coefficient (Wildman–Crippen LogP) is 6.27. The molecule has 2 atom stereocenters. The van der Waals surface area contributed by atoms with Gasteiger partial charge in [-0.05, 0) is 55.7 Å². The third-order valence-corrected chi connectivity index (χ3v) is 8.31. The van der Waals surface area contributed by atoms with Crippen LogP contribution in [0.4, 0.5) is 11.4 Å². The fraction of sp³-hybridized carbons (Fsp3) is 0.182. The molecule has 2 unspecified atom stereocenters. The Bertz CT molecular complexity index is 1890. The maximum atomic E-state index is 13.3. The molecule has 0 bridgehead atoms. The number of imide groups is 1. The van der Waals surface area contributed by atoms with Crippen LogP contribution >= 0.6 is 11.6 Å². The molecule has 1 aromatic heterocycles. The second-order valence-electron chi connectivity index (χ2n) is 10.7. The number of hydrogen-bond acceptors (Lipinski definition) is 8. The van der Waals surface area contributed by atoms with Gasteiger partial charge < -0.3 is 4.74 Å². The van der Waals surface area contributed by atoms with Crippen molar-refractivity contribution < 1.29 is 28.8 Å². The van der Waals surface area contributed by atoms with Crippen molar-refractivity contribution in [1.29, 1.82) is 0 Å². The Morgan fingerprint density at radius 2 is 1.68 bits per heavy atom. The van der Waals surface area contributed by atoms with Crippen molar-refractivity contribution in [2.24, 2.45) is 11.8 Å². The molecule has 44 heavy (non-hydrogen) atoms. The standard InChI is InChI=1S/C33H24ClN3O7/c1-18-5-4-8-22-25(33(41)44-17-29(38)20-11-14-26(34)28(15-20)37(42)43)16-27(35-30(18)22)19-9-12-21(13-10-19)36-31(39)23-6-2-3-7-24(23)32(36)40/h2-5,8-16,23-24H,6-7,17H2,1H3. The summed E-state index contributed by atoms with van der Waals surface area (Å²) in [7, 11) is 0. The number of benzene rings is 3. The zero-order valence-corrected chi connectivity index (χ0v) is 24.1. The fourth-order valence-electron chi connectivity index (χ4n) is 5.66. The molecule has 2 heterocycles. The summed E-state index contributed by atoms with van der Waals surface area (Å²) in [6.07, 6.45) is 4.98. The van der Waals surface area contributed by atoms with Crippen LogP contribution in [0, 0.1) is 28.9 Å². The zero-order valence-electron chi connectivity index (χ0n) is 23.4. The smallest absolute Gasteiger partial charge is 0.339 e. The summed E-state index contributed by atoms with van der Waals surface area (Å²) in [5, 5.41) is 11.6. The highest BCUT2D eigenvalue weighted by atomic mass is 35.5. The molecule has 0 radical (unpaired) electrons. The monoisotopic (exact) mass is 609 g/mol. The first-order valence-electron chi connectivity index (χ1n) is 13.8. The van der Waals surface area contributed by atoms with E-state index in [0.29, 0.717) is 40.7 Å². The first-order chi connectivity index (χ1) is 21.1. The van der Waals surface area contributed by atoms with E-state index >= 15 is 0 Å². The van der Waals surface area contributed by atoms with E-state index in [1.165, 1.54) is 17.0 Å². The molecular weight excluding hydrogens is 586 g/mol. The lowest BCUT2D eigenvalue weighted by atomic mass is 9.85. The highest BCUT2D eigenvalue weighted by Gasteiger charge is 2.47. The number of para-hydroxylation sites is 1. The minimum Gasteiger partial charge on any atom is -0.454 e. The number of allylic oxidation sites excluding steroid dienone is 2. The van der Waals surface area contributed by atoms with Crippen molar-refractivity contribution in [1.82, 2.24) is 4.98 Å². The lowest BCUT2D eigenvalue weighted by molar-refractivity contribution is -0.384. The number of hydrogen-bond donors (Lipinski definition) is 0. The van der Waals surface area contributed by atoms with E-state index in [1.807, 2.05) is 25.1 Å². The number of nitro groups is 1. The van der Waals surface area contributed by atoms with Crippen molar-refractivity contribution in [3.05, 3.63) is 111 Å². The molecule has 1 aliphatic carbocycles. The van der Waals surface area contributed by atoms with Crippen molar-refractivity contribution in [2.45, 2.75) is 19.8 Å². The van der Waals surface area contributed by atoms with E-state index in [1.54, 1.807) is 42.5 Å². The number of aryl methyl sites for hydroxylation is 1. The maximum Gasteiger partial charge on any atom is 0.339 e. The van der Waals surface area contributed by atoms with Gasteiger partial charge in [0.05, 0.1) is 39.2 Å². The zero-order chi connectivity index (χ0) is 31.1. The van der Waals surface area contributed by atoms with Crippen LogP contribution in [0.15, 0.2) is 78.9 Å². The third kappa shape index (κ3) is 5.13. The quantitative estimate of drug-likeness (QED) is 0.0597. The number of carbonyl (C=O) groups excluding carboxylic acids is 4. The number of nitrogens with zero attached hydrogens (tertiary/aromatic N) is 3. The van der Waals surface area contributed by atoms with Crippen LogP contribution in [0.25, 0.3) is 22.2 Å². The van der Waals surface area contributed by atoms with E-state index in [2.05, 4.69) is 0 Å². The van der Waals surface area contributed by atoms with Crippen LogP contribution in [-0.2, 0) is 14.3 Å². The van der Waals surface area contributed by atoms with Crippen molar-refractivity contribution in [2.75, 3.05) is 11.5 Å². The van der Waals surface area contributed by atoms with Gasteiger partial charge >= 0.3 is 5.97 Å². The number of ketones is 1. The summed E-state index contributed by atoms with van der Waals surface area (Å²) in [6, 6.07) is 17.3. The Labute approximate surface area is 256 Å². The predicted molar refractivity (Wildman–Crippen MR) is 162 cm³/mol. The van der Waals surface area contributed by atoms with Gasteiger partial charge in [0, 0.05) is 22.6 Å². The Kier molecular flexibility index (Phi) is 7.52. The summed E-state index contributed by atoms with van der Waals surface area (Å²) in [5.74, 6) is -2.50. The number of anilines is 1. The lowest BCUT2D eigenvalue weighted by Crippen LogP contribution is -2.30. The van der Waals surface area contributed by atoms with Crippen LogP contribution in [0.1, 0.15) is 39.1 Å². The van der Waals surface area contributed by atoms with Crippen molar-refractivity contribution in [3.8, 4) is 11.3 Å². The number of nitro benzene ring substituents is 1. The molecule has 0 spiro atoms. The summed E-state index contributed by atoms with van der Waals surface area (Å²) < 4.78 is 5.36. The number of fused-ring (bicyclic) bond motifs is 2. The van der Waals surface area contributed by atoms with Gasteiger partial charge in [0.1, 0.15) is 5.02 Å². The molecule has 1 saturated heterocycles. The number of ether oxygens (including phenoxy) is 1. The first kappa shape index (κ1) is 28.9. The first-order valence-corrected chi connectivity index (χ1v) is 14.2. The van der Waals surface area contributed by atoms with E-state index in [-0.39, 0.29) is 39.8 Å². The molecule has 6 rings (SSSR count). The van der Waals surface area contributed by atoms with Gasteiger partial charge in [0.2, 0.25) is 17.6 Å². The molecule has 2 amide bonds. The molecule has 1 aliphatic heterocycles. The SMILES string of the molecule is Cc1cccc2c(C(=O)OCC(=O)c3ccc(Cl)c([N+](=O)[O-])c3)cc(-c3ccc(N4C(=O)C5CC=CCC5C4=O)cc3)nc12. The fourth-order valence-corrected chi connectivity index (χ4v) is 5.85. The van der Waals surface area contributed by atoms with Crippen LogP contribution in [-0.4, -0.2) is 40.1 Å². The van der Waals surface area contributed by atoms with Gasteiger partial charge in [-0.2, -0.15) is 0 Å². The lowest BCUT2D eigenvalue weighted by Gasteiger charge is -2.16. The van der Waals surface area contributed by atoms with E-state index in [4.69, 9.17) is 21.3 Å². The highest BCUT2D eigenvalue weighted by Crippen LogP contribution is 2.38. The topological polar surface area (TPSA) is 137 Å². The van der Waals surface area contributed by atoms with Crippen LogP contribution in [0.5, 0.6) is 0 Å². The summed E-state index contributed by atoms with van der Waals surface area (Å²) in [4.78, 5) is 68.6. The van der Waals surface area contributed by atoms with Gasteiger partial charge in [0.25, 0.3) is 5.69 Å². The number of Topliss-reactive ketones (excluding diaryl/α,β-unsaturated/α-hetero) is 1. The van der Waals surface area contributed by atoms with E-state index in [9.17, 15) is 29.3 Å². The van der Waals surface area contributed by atoms with Crippen molar-refractivity contribution >= 4 is 57.4 Å². The number of aromatic nitrogens is 1. The number of carbonyl (C=O) groups is 4. The van der Waals surface area contributed by atoms with Crippen molar-refractivity contribution in [3.63, 3.8) is 0 Å². The molecule has 10 nitrogen and oxygen atoms in total. The van der Waals surface area contributed by atoms with Crippen LogP contribution in [0.3, 0.4) is 0 Å².